The first-order valence-corrected chi connectivity index (χ1v) is 11.2. The maximum Gasteiger partial charge on any atom is 0.270 e. The molecule has 3 heterocycles. The molecule has 2 aromatic rings. The Morgan fingerprint density at radius 3 is 2.37 bits per heavy atom. The second kappa shape index (κ2) is 8.80. The van der Waals surface area contributed by atoms with Crippen molar-refractivity contribution in [3.8, 4) is 0 Å². The van der Waals surface area contributed by atoms with Crippen molar-refractivity contribution in [1.82, 2.24) is 14.4 Å². The molecule has 0 bridgehead atoms. The highest BCUT2D eigenvalue weighted by molar-refractivity contribution is 5.97. The van der Waals surface area contributed by atoms with Gasteiger partial charge < -0.3 is 19.3 Å². The Bertz CT molecular complexity index is 908. The second-order valence-electron chi connectivity index (χ2n) is 8.54. The quantitative estimate of drug-likeness (QED) is 0.751. The molecule has 2 fully saturated rings. The smallest absolute Gasteiger partial charge is 0.270 e. The van der Waals surface area contributed by atoms with E-state index in [1.807, 2.05) is 11.0 Å². The topological polar surface area (TPSA) is 31.7 Å². The van der Waals surface area contributed by atoms with Gasteiger partial charge in [-0.3, -0.25) is 4.79 Å². The number of hydrogen-bond donors (Lipinski definition) is 0. The van der Waals surface area contributed by atoms with Crippen molar-refractivity contribution in [2.24, 2.45) is 0 Å². The predicted octanol–water partition coefficient (Wildman–Crippen LogP) is 3.67. The lowest BCUT2D eigenvalue weighted by Crippen LogP contribution is -2.46. The van der Waals surface area contributed by atoms with Crippen LogP contribution in [0.3, 0.4) is 0 Å². The predicted molar refractivity (Wildman–Crippen MR) is 119 cm³/mol. The van der Waals surface area contributed by atoms with Crippen LogP contribution in [0.4, 0.5) is 10.1 Å². The van der Waals surface area contributed by atoms with Gasteiger partial charge in [-0.05, 0) is 50.9 Å². The molecule has 2 aliphatic rings. The van der Waals surface area contributed by atoms with Gasteiger partial charge in [0.05, 0.1) is 5.69 Å². The molecule has 0 aliphatic carbocycles. The largest absolute Gasteiger partial charge is 0.367 e. The summed E-state index contributed by atoms with van der Waals surface area (Å²) in [7, 11) is 0. The summed E-state index contributed by atoms with van der Waals surface area (Å²) in [5, 5.41) is 0. The van der Waals surface area contributed by atoms with Crippen molar-refractivity contribution in [3.63, 3.8) is 0 Å². The van der Waals surface area contributed by atoms with Crippen molar-refractivity contribution in [2.75, 3.05) is 50.7 Å². The highest BCUT2D eigenvalue weighted by Crippen LogP contribution is 2.33. The molecule has 0 atom stereocenters. The molecule has 5 nitrogen and oxygen atoms in total. The molecular formula is C24H33FN4O. The molecule has 0 N–H and O–H groups in total. The molecule has 2 aliphatic heterocycles. The third-order valence-corrected chi connectivity index (χ3v) is 6.69. The fraction of sp³-hybridized carbons (Fsp3) is 0.542. The molecule has 30 heavy (non-hydrogen) atoms. The first kappa shape index (κ1) is 20.9. The van der Waals surface area contributed by atoms with Crippen LogP contribution in [0.15, 0.2) is 24.3 Å². The van der Waals surface area contributed by atoms with Gasteiger partial charge in [0.15, 0.2) is 0 Å². The van der Waals surface area contributed by atoms with Gasteiger partial charge in [0.1, 0.15) is 11.5 Å². The number of halogens is 1. The normalized spacial score (nSPS) is 17.7. The zero-order chi connectivity index (χ0) is 21.3. The second-order valence-corrected chi connectivity index (χ2v) is 8.54. The van der Waals surface area contributed by atoms with E-state index in [9.17, 15) is 9.18 Å². The molecule has 1 amide bonds. The third kappa shape index (κ3) is 3.97. The van der Waals surface area contributed by atoms with Crippen LogP contribution in [-0.4, -0.2) is 66.1 Å². The van der Waals surface area contributed by atoms with E-state index in [2.05, 4.69) is 35.1 Å². The summed E-state index contributed by atoms with van der Waals surface area (Å²) in [6.45, 7) is 13.6. The Morgan fingerprint density at radius 2 is 1.73 bits per heavy atom. The molecule has 6 heteroatoms. The van der Waals surface area contributed by atoms with Gasteiger partial charge in [-0.15, -0.1) is 0 Å². The Morgan fingerprint density at radius 1 is 1.03 bits per heavy atom. The van der Waals surface area contributed by atoms with Crippen molar-refractivity contribution in [3.05, 3.63) is 52.6 Å². The number of anilines is 1. The van der Waals surface area contributed by atoms with Gasteiger partial charge in [0, 0.05) is 57.1 Å². The van der Waals surface area contributed by atoms with Crippen LogP contribution in [-0.2, 0) is 6.54 Å². The number of likely N-dealkylation sites (N-methyl/N-ethyl adjacent to an activating group) is 1. The molecule has 4 rings (SSSR count). The van der Waals surface area contributed by atoms with E-state index in [4.69, 9.17) is 0 Å². The Kier molecular flexibility index (Phi) is 6.14. The van der Waals surface area contributed by atoms with Gasteiger partial charge >= 0.3 is 0 Å². The van der Waals surface area contributed by atoms with Gasteiger partial charge in [-0.25, -0.2) is 4.39 Å². The molecule has 0 radical (unpaired) electrons. The van der Waals surface area contributed by atoms with E-state index in [0.29, 0.717) is 6.54 Å². The summed E-state index contributed by atoms with van der Waals surface area (Å²) in [4.78, 5) is 20.4. The molecule has 0 spiro atoms. The SMILES string of the molecule is CCN1CCN(c2c(C)c(C(=O)N3CCCC3)n(Cc3cccc(F)c3)c2C)CC1. The van der Waals surface area contributed by atoms with E-state index in [1.165, 1.54) is 11.8 Å². The monoisotopic (exact) mass is 412 g/mol. The van der Waals surface area contributed by atoms with Crippen LogP contribution in [0.1, 0.15) is 47.1 Å². The highest BCUT2D eigenvalue weighted by atomic mass is 19.1. The van der Waals surface area contributed by atoms with E-state index >= 15 is 0 Å². The molecule has 0 saturated carbocycles. The molecule has 0 unspecified atom stereocenters. The summed E-state index contributed by atoms with van der Waals surface area (Å²) in [5.74, 6) is -0.125. The van der Waals surface area contributed by atoms with Crippen LogP contribution in [0.25, 0.3) is 0 Å². The van der Waals surface area contributed by atoms with Crippen LogP contribution < -0.4 is 4.90 Å². The minimum Gasteiger partial charge on any atom is -0.367 e. The van der Waals surface area contributed by atoms with Gasteiger partial charge in [0.2, 0.25) is 0 Å². The third-order valence-electron chi connectivity index (χ3n) is 6.69. The number of aromatic nitrogens is 1. The number of amides is 1. The standard InChI is InChI=1S/C24H33FN4O/c1-4-26-12-14-27(15-13-26)22-18(2)23(24(30)28-10-5-6-11-28)29(19(22)3)17-20-8-7-9-21(25)16-20/h7-9,16H,4-6,10-15,17H2,1-3H3. The Hall–Kier alpha value is -2.34. The number of nitrogens with zero attached hydrogens (tertiary/aromatic N) is 4. The maximum absolute atomic E-state index is 13.8. The number of hydrogen-bond acceptors (Lipinski definition) is 3. The number of carbonyl (C=O) groups excluding carboxylic acids is 1. The summed E-state index contributed by atoms with van der Waals surface area (Å²) in [6.07, 6.45) is 2.14. The minimum absolute atomic E-state index is 0.114. The Balaban J connectivity index is 1.73. The van der Waals surface area contributed by atoms with Gasteiger partial charge in [-0.1, -0.05) is 19.1 Å². The summed E-state index contributed by atoms with van der Waals surface area (Å²) < 4.78 is 15.9. The van der Waals surface area contributed by atoms with Crippen molar-refractivity contribution < 1.29 is 9.18 Å². The van der Waals surface area contributed by atoms with Gasteiger partial charge in [0.25, 0.3) is 5.91 Å². The highest BCUT2D eigenvalue weighted by Gasteiger charge is 2.30. The maximum atomic E-state index is 13.8. The fourth-order valence-corrected chi connectivity index (χ4v) is 5.00. The van der Waals surface area contributed by atoms with Crippen molar-refractivity contribution in [2.45, 2.75) is 40.2 Å². The molecular weight excluding hydrogens is 379 g/mol. The average Bonchev–Trinajstić information content (AvgIpc) is 3.36. The lowest BCUT2D eigenvalue weighted by molar-refractivity contribution is 0.0781. The summed E-state index contributed by atoms with van der Waals surface area (Å²) in [6, 6.07) is 6.70. The number of piperazine rings is 1. The number of likely N-dealkylation sites (tertiary alicyclic amines) is 1. The number of rotatable bonds is 5. The van der Waals surface area contributed by atoms with E-state index in [0.717, 1.165) is 81.2 Å². The minimum atomic E-state index is -0.239. The van der Waals surface area contributed by atoms with E-state index in [-0.39, 0.29) is 11.7 Å². The zero-order valence-electron chi connectivity index (χ0n) is 18.5. The van der Waals surface area contributed by atoms with Crippen LogP contribution in [0.5, 0.6) is 0 Å². The fourth-order valence-electron chi connectivity index (χ4n) is 5.00. The van der Waals surface area contributed by atoms with Crippen LogP contribution in [0.2, 0.25) is 0 Å². The number of carbonyl (C=O) groups is 1. The summed E-state index contributed by atoms with van der Waals surface area (Å²) >= 11 is 0. The number of benzene rings is 1. The lowest BCUT2D eigenvalue weighted by atomic mass is 10.1. The molecule has 1 aromatic heterocycles. The van der Waals surface area contributed by atoms with E-state index < -0.39 is 0 Å². The summed E-state index contributed by atoms with van der Waals surface area (Å²) in [5.41, 5.74) is 5.00. The van der Waals surface area contributed by atoms with Gasteiger partial charge in [-0.2, -0.15) is 0 Å². The van der Waals surface area contributed by atoms with E-state index in [1.54, 1.807) is 12.1 Å². The van der Waals surface area contributed by atoms with Crippen LogP contribution in [0, 0.1) is 19.7 Å². The molecule has 1 aromatic carbocycles. The van der Waals surface area contributed by atoms with Crippen molar-refractivity contribution >= 4 is 11.6 Å². The average molecular weight is 413 g/mol. The zero-order valence-corrected chi connectivity index (χ0v) is 18.5. The van der Waals surface area contributed by atoms with Crippen LogP contribution >= 0.6 is 0 Å². The Labute approximate surface area is 179 Å². The molecule has 162 valence electrons. The first-order chi connectivity index (χ1) is 14.5. The first-order valence-electron chi connectivity index (χ1n) is 11.2. The lowest BCUT2D eigenvalue weighted by Gasteiger charge is -2.36. The molecule has 2 saturated heterocycles. The van der Waals surface area contributed by atoms with Crippen molar-refractivity contribution in [1.29, 1.82) is 0 Å².